The van der Waals surface area contributed by atoms with Crippen LogP contribution in [0.15, 0.2) is 0 Å². The molecule has 1 unspecified atom stereocenters. The Kier molecular flexibility index (Phi) is 4.90. The van der Waals surface area contributed by atoms with E-state index in [-0.39, 0.29) is 12.0 Å². The van der Waals surface area contributed by atoms with Crippen LogP contribution in [0.25, 0.3) is 0 Å². The highest BCUT2D eigenvalue weighted by molar-refractivity contribution is 5.76. The molecule has 82 valence electrons. The van der Waals surface area contributed by atoms with E-state index in [9.17, 15) is 4.79 Å². The van der Waals surface area contributed by atoms with E-state index in [0.717, 1.165) is 32.4 Å². The fraction of sp³-hybridized carbons (Fsp3) is 0.900. The monoisotopic (exact) mass is 201 g/mol. The van der Waals surface area contributed by atoms with Crippen LogP contribution in [0.1, 0.15) is 19.3 Å². The van der Waals surface area contributed by atoms with Crippen molar-refractivity contribution in [1.82, 2.24) is 5.32 Å². The number of esters is 1. The largest absolute Gasteiger partial charge is 0.468 e. The van der Waals surface area contributed by atoms with Crippen LogP contribution < -0.4 is 5.32 Å². The number of methoxy groups -OCH3 is 2. The van der Waals surface area contributed by atoms with E-state index in [0.29, 0.717) is 5.92 Å². The van der Waals surface area contributed by atoms with Crippen LogP contribution in [0, 0.1) is 5.92 Å². The minimum Gasteiger partial charge on any atom is -0.468 e. The third-order valence-electron chi connectivity index (χ3n) is 2.44. The Morgan fingerprint density at radius 3 is 2.71 bits per heavy atom. The van der Waals surface area contributed by atoms with Crippen molar-refractivity contribution in [3.63, 3.8) is 0 Å². The Bertz CT molecular complexity index is 180. The molecule has 0 spiro atoms. The molecule has 14 heavy (non-hydrogen) atoms. The zero-order chi connectivity index (χ0) is 10.4. The summed E-state index contributed by atoms with van der Waals surface area (Å²) >= 11 is 0. The fourth-order valence-electron chi connectivity index (χ4n) is 1.47. The van der Waals surface area contributed by atoms with Gasteiger partial charge in [-0.2, -0.15) is 0 Å². The molecule has 1 aliphatic rings. The number of hydrogen-bond acceptors (Lipinski definition) is 4. The SMILES string of the molecule is COCCCNC(C(=O)OC)C1CC1. The average molecular weight is 201 g/mol. The van der Waals surface area contributed by atoms with Gasteiger partial charge in [-0.3, -0.25) is 4.79 Å². The summed E-state index contributed by atoms with van der Waals surface area (Å²) < 4.78 is 9.67. The number of hydrogen-bond donors (Lipinski definition) is 1. The molecule has 0 bridgehead atoms. The summed E-state index contributed by atoms with van der Waals surface area (Å²) in [6, 6.07) is -0.100. The molecule has 4 nitrogen and oxygen atoms in total. The van der Waals surface area contributed by atoms with Crippen LogP contribution in [-0.4, -0.2) is 39.4 Å². The van der Waals surface area contributed by atoms with Crippen molar-refractivity contribution in [3.05, 3.63) is 0 Å². The summed E-state index contributed by atoms with van der Waals surface area (Å²) in [4.78, 5) is 11.3. The number of carbonyl (C=O) groups is 1. The molecular weight excluding hydrogens is 182 g/mol. The summed E-state index contributed by atoms with van der Waals surface area (Å²) in [5.41, 5.74) is 0. The number of ether oxygens (including phenoxy) is 2. The number of carbonyl (C=O) groups excluding carboxylic acids is 1. The molecule has 1 N–H and O–H groups in total. The zero-order valence-corrected chi connectivity index (χ0v) is 8.91. The Hall–Kier alpha value is -0.610. The van der Waals surface area contributed by atoms with E-state index in [2.05, 4.69) is 5.32 Å². The summed E-state index contributed by atoms with van der Waals surface area (Å²) in [6.45, 7) is 1.54. The van der Waals surface area contributed by atoms with Crippen molar-refractivity contribution in [3.8, 4) is 0 Å². The maximum Gasteiger partial charge on any atom is 0.323 e. The van der Waals surface area contributed by atoms with Crippen molar-refractivity contribution in [2.45, 2.75) is 25.3 Å². The molecule has 1 aliphatic carbocycles. The minimum atomic E-state index is -0.134. The van der Waals surface area contributed by atoms with Gasteiger partial charge in [-0.1, -0.05) is 0 Å². The first-order valence-corrected chi connectivity index (χ1v) is 5.09. The standard InChI is InChI=1S/C10H19NO3/c1-13-7-3-6-11-9(8-4-5-8)10(12)14-2/h8-9,11H,3-7H2,1-2H3. The van der Waals surface area contributed by atoms with Gasteiger partial charge in [-0.15, -0.1) is 0 Å². The first-order valence-electron chi connectivity index (χ1n) is 5.09. The second-order valence-electron chi connectivity index (χ2n) is 3.64. The predicted octanol–water partition coefficient (Wildman–Crippen LogP) is 0.564. The van der Waals surface area contributed by atoms with E-state index in [1.54, 1.807) is 7.11 Å². The zero-order valence-electron chi connectivity index (χ0n) is 8.91. The fourth-order valence-corrected chi connectivity index (χ4v) is 1.47. The third-order valence-corrected chi connectivity index (χ3v) is 2.44. The van der Waals surface area contributed by atoms with Crippen LogP contribution in [0.4, 0.5) is 0 Å². The highest BCUT2D eigenvalue weighted by Gasteiger charge is 2.36. The topological polar surface area (TPSA) is 47.6 Å². The Morgan fingerprint density at radius 1 is 1.50 bits per heavy atom. The molecule has 0 aromatic rings. The molecule has 1 fully saturated rings. The first kappa shape index (κ1) is 11.5. The van der Waals surface area contributed by atoms with Crippen molar-refractivity contribution in [2.75, 3.05) is 27.4 Å². The van der Waals surface area contributed by atoms with E-state index < -0.39 is 0 Å². The highest BCUT2D eigenvalue weighted by Crippen LogP contribution is 2.33. The van der Waals surface area contributed by atoms with Crippen molar-refractivity contribution >= 4 is 5.97 Å². The second kappa shape index (κ2) is 5.98. The third kappa shape index (κ3) is 3.64. The molecule has 0 aromatic heterocycles. The molecule has 1 saturated carbocycles. The highest BCUT2D eigenvalue weighted by atomic mass is 16.5. The van der Waals surface area contributed by atoms with Gasteiger partial charge in [0.1, 0.15) is 6.04 Å². The molecule has 0 saturated heterocycles. The van der Waals surface area contributed by atoms with Gasteiger partial charge in [-0.25, -0.2) is 0 Å². The lowest BCUT2D eigenvalue weighted by atomic mass is 10.2. The maximum absolute atomic E-state index is 11.3. The molecule has 4 heteroatoms. The Labute approximate surface area is 85.0 Å². The van der Waals surface area contributed by atoms with E-state index >= 15 is 0 Å². The van der Waals surface area contributed by atoms with Crippen LogP contribution in [-0.2, 0) is 14.3 Å². The quantitative estimate of drug-likeness (QED) is 0.483. The lowest BCUT2D eigenvalue weighted by Gasteiger charge is -2.15. The molecule has 0 aromatic carbocycles. The van der Waals surface area contributed by atoms with Crippen molar-refractivity contribution < 1.29 is 14.3 Å². The molecular formula is C10H19NO3. The molecule has 1 atom stereocenters. The summed E-state index contributed by atoms with van der Waals surface area (Å²) in [5, 5.41) is 3.21. The molecule has 0 amide bonds. The smallest absolute Gasteiger partial charge is 0.323 e. The van der Waals surface area contributed by atoms with Gasteiger partial charge < -0.3 is 14.8 Å². The Balaban J connectivity index is 2.18. The summed E-state index contributed by atoms with van der Waals surface area (Å²) in [5.74, 6) is 0.356. The van der Waals surface area contributed by atoms with Gasteiger partial charge in [0, 0.05) is 13.7 Å². The van der Waals surface area contributed by atoms with E-state index in [4.69, 9.17) is 9.47 Å². The van der Waals surface area contributed by atoms with E-state index in [1.807, 2.05) is 0 Å². The van der Waals surface area contributed by atoms with E-state index in [1.165, 1.54) is 7.11 Å². The first-order chi connectivity index (χ1) is 6.79. The molecule has 0 aliphatic heterocycles. The normalized spacial score (nSPS) is 17.9. The van der Waals surface area contributed by atoms with Gasteiger partial charge in [0.15, 0.2) is 0 Å². The van der Waals surface area contributed by atoms with Crippen molar-refractivity contribution in [2.24, 2.45) is 5.92 Å². The van der Waals surface area contributed by atoms with Gasteiger partial charge >= 0.3 is 5.97 Å². The maximum atomic E-state index is 11.3. The van der Waals surface area contributed by atoms with Crippen LogP contribution in [0.5, 0.6) is 0 Å². The molecule has 1 rings (SSSR count). The van der Waals surface area contributed by atoms with Crippen LogP contribution in [0.3, 0.4) is 0 Å². The Morgan fingerprint density at radius 2 is 2.21 bits per heavy atom. The predicted molar refractivity (Wildman–Crippen MR) is 53.0 cm³/mol. The average Bonchev–Trinajstić information content (AvgIpc) is 3.01. The second-order valence-corrected chi connectivity index (χ2v) is 3.64. The minimum absolute atomic E-state index is 0.100. The van der Waals surface area contributed by atoms with Crippen LogP contribution >= 0.6 is 0 Å². The van der Waals surface area contributed by atoms with Crippen molar-refractivity contribution in [1.29, 1.82) is 0 Å². The lowest BCUT2D eigenvalue weighted by molar-refractivity contribution is -0.143. The van der Waals surface area contributed by atoms with Gasteiger partial charge in [0.2, 0.25) is 0 Å². The van der Waals surface area contributed by atoms with Gasteiger partial charge in [0.05, 0.1) is 7.11 Å². The van der Waals surface area contributed by atoms with Gasteiger partial charge in [-0.05, 0) is 31.7 Å². The number of nitrogens with one attached hydrogen (secondary N) is 1. The lowest BCUT2D eigenvalue weighted by Crippen LogP contribution is -2.40. The number of rotatable bonds is 7. The summed E-state index contributed by atoms with van der Waals surface area (Å²) in [7, 11) is 3.12. The van der Waals surface area contributed by atoms with Gasteiger partial charge in [0.25, 0.3) is 0 Å². The van der Waals surface area contributed by atoms with Crippen LogP contribution in [0.2, 0.25) is 0 Å². The molecule has 0 radical (unpaired) electrons. The summed E-state index contributed by atoms with van der Waals surface area (Å²) in [6.07, 6.45) is 3.20. The molecule has 0 heterocycles.